The zero-order chi connectivity index (χ0) is 13.0. The molecule has 1 N–H and O–H groups in total. The van der Waals surface area contributed by atoms with Crippen LogP contribution >= 0.6 is 0 Å². The second-order valence-electron chi connectivity index (χ2n) is 3.72. The van der Waals surface area contributed by atoms with Gasteiger partial charge >= 0.3 is 0 Å². The van der Waals surface area contributed by atoms with E-state index in [4.69, 9.17) is 4.74 Å². The number of halogens is 2. The van der Waals surface area contributed by atoms with E-state index in [1.807, 2.05) is 6.07 Å². The van der Waals surface area contributed by atoms with Gasteiger partial charge in [0.2, 0.25) is 5.88 Å². The molecule has 1 heterocycles. The monoisotopic (exact) mass is 250 g/mol. The molecule has 0 aliphatic heterocycles. The summed E-state index contributed by atoms with van der Waals surface area (Å²) in [5, 5.41) is 2.92. The summed E-state index contributed by atoms with van der Waals surface area (Å²) in [5.74, 6) is -0.689. The largest absolute Gasteiger partial charge is 0.481 e. The van der Waals surface area contributed by atoms with Crippen LogP contribution < -0.4 is 10.1 Å². The van der Waals surface area contributed by atoms with E-state index in [2.05, 4.69) is 10.3 Å². The van der Waals surface area contributed by atoms with Gasteiger partial charge in [-0.3, -0.25) is 0 Å². The lowest BCUT2D eigenvalue weighted by molar-refractivity contribution is 0.397. The molecule has 0 saturated heterocycles. The quantitative estimate of drug-likeness (QED) is 0.905. The van der Waals surface area contributed by atoms with Gasteiger partial charge in [0.05, 0.1) is 7.11 Å². The van der Waals surface area contributed by atoms with Gasteiger partial charge in [-0.05, 0) is 17.7 Å². The number of ether oxygens (including phenoxy) is 1. The molecule has 0 spiro atoms. The van der Waals surface area contributed by atoms with Crippen LogP contribution in [0.15, 0.2) is 36.5 Å². The van der Waals surface area contributed by atoms with Gasteiger partial charge in [0, 0.05) is 30.6 Å². The molecular weight excluding hydrogens is 238 g/mol. The SMILES string of the molecule is COc1ccc(CNc2cc(F)cc(F)c2)cn1. The van der Waals surface area contributed by atoms with Gasteiger partial charge < -0.3 is 10.1 Å². The van der Waals surface area contributed by atoms with E-state index < -0.39 is 11.6 Å². The predicted octanol–water partition coefficient (Wildman–Crippen LogP) is 2.98. The number of benzene rings is 1. The van der Waals surface area contributed by atoms with Crippen molar-refractivity contribution in [3.8, 4) is 5.88 Å². The van der Waals surface area contributed by atoms with Crippen LogP contribution in [0.1, 0.15) is 5.56 Å². The first-order chi connectivity index (χ1) is 8.67. The van der Waals surface area contributed by atoms with Crippen LogP contribution in [0.25, 0.3) is 0 Å². The van der Waals surface area contributed by atoms with Crippen LogP contribution in [0.4, 0.5) is 14.5 Å². The third-order valence-electron chi connectivity index (χ3n) is 2.37. The standard InChI is InChI=1S/C13H12F2N2O/c1-18-13-3-2-9(8-17-13)7-16-12-5-10(14)4-11(15)6-12/h2-6,8,16H,7H2,1H3. The molecule has 2 aromatic rings. The lowest BCUT2D eigenvalue weighted by atomic mass is 10.2. The summed E-state index contributed by atoms with van der Waals surface area (Å²) in [6.45, 7) is 0.430. The molecule has 5 heteroatoms. The molecule has 0 unspecified atom stereocenters. The van der Waals surface area contributed by atoms with E-state index in [0.717, 1.165) is 11.6 Å². The first kappa shape index (κ1) is 12.3. The summed E-state index contributed by atoms with van der Waals surface area (Å²) in [6, 6.07) is 6.86. The molecule has 1 aromatic heterocycles. The van der Waals surface area contributed by atoms with Gasteiger partial charge in [0.15, 0.2) is 0 Å². The number of nitrogens with one attached hydrogen (secondary N) is 1. The Morgan fingerprint density at radius 3 is 2.44 bits per heavy atom. The van der Waals surface area contributed by atoms with Crippen molar-refractivity contribution >= 4 is 5.69 Å². The highest BCUT2D eigenvalue weighted by atomic mass is 19.1. The average molecular weight is 250 g/mol. The fraction of sp³-hybridized carbons (Fsp3) is 0.154. The van der Waals surface area contributed by atoms with E-state index in [1.165, 1.54) is 19.2 Å². The van der Waals surface area contributed by atoms with Gasteiger partial charge in [-0.2, -0.15) is 0 Å². The lowest BCUT2D eigenvalue weighted by Crippen LogP contribution is -2.01. The molecule has 0 aliphatic carbocycles. The van der Waals surface area contributed by atoms with Crippen molar-refractivity contribution in [1.29, 1.82) is 0 Å². The number of rotatable bonds is 4. The highest BCUT2D eigenvalue weighted by Gasteiger charge is 2.01. The normalized spacial score (nSPS) is 10.2. The molecule has 0 radical (unpaired) electrons. The molecule has 0 aliphatic rings. The summed E-state index contributed by atoms with van der Waals surface area (Å²) in [5.41, 5.74) is 1.28. The van der Waals surface area contributed by atoms with E-state index in [-0.39, 0.29) is 0 Å². The Morgan fingerprint density at radius 1 is 1.17 bits per heavy atom. The minimum atomic E-state index is -0.606. The number of methoxy groups -OCH3 is 1. The average Bonchev–Trinajstić information content (AvgIpc) is 2.36. The van der Waals surface area contributed by atoms with Gasteiger partial charge in [-0.1, -0.05) is 6.07 Å². The van der Waals surface area contributed by atoms with Crippen LogP contribution in [-0.2, 0) is 6.54 Å². The molecule has 0 fully saturated rings. The van der Waals surface area contributed by atoms with Gasteiger partial charge in [0.25, 0.3) is 0 Å². The Hall–Kier alpha value is -2.17. The van der Waals surface area contributed by atoms with Crippen LogP contribution in [0.2, 0.25) is 0 Å². The van der Waals surface area contributed by atoms with E-state index >= 15 is 0 Å². The Balaban J connectivity index is 2.01. The highest BCUT2D eigenvalue weighted by Crippen LogP contribution is 2.14. The second-order valence-corrected chi connectivity index (χ2v) is 3.72. The Bertz CT molecular complexity index is 509. The maximum Gasteiger partial charge on any atom is 0.212 e. The number of anilines is 1. The van der Waals surface area contributed by atoms with E-state index in [0.29, 0.717) is 18.1 Å². The molecule has 0 saturated carbocycles. The topological polar surface area (TPSA) is 34.1 Å². The second kappa shape index (κ2) is 5.44. The number of hydrogen-bond donors (Lipinski definition) is 1. The first-order valence-electron chi connectivity index (χ1n) is 5.36. The summed E-state index contributed by atoms with van der Waals surface area (Å²) >= 11 is 0. The summed E-state index contributed by atoms with van der Waals surface area (Å²) in [7, 11) is 1.54. The molecule has 3 nitrogen and oxygen atoms in total. The third-order valence-corrected chi connectivity index (χ3v) is 2.37. The maximum absolute atomic E-state index is 12.9. The van der Waals surface area contributed by atoms with Gasteiger partial charge in [0.1, 0.15) is 11.6 Å². The Labute approximate surface area is 103 Å². The van der Waals surface area contributed by atoms with Gasteiger partial charge in [-0.25, -0.2) is 13.8 Å². The van der Waals surface area contributed by atoms with E-state index in [1.54, 1.807) is 12.3 Å². The van der Waals surface area contributed by atoms with Crippen molar-refractivity contribution < 1.29 is 13.5 Å². The Kier molecular flexibility index (Phi) is 3.72. The summed E-state index contributed by atoms with van der Waals surface area (Å²) < 4.78 is 30.8. The zero-order valence-electron chi connectivity index (χ0n) is 9.78. The Morgan fingerprint density at radius 2 is 1.89 bits per heavy atom. The molecule has 0 bridgehead atoms. The molecule has 0 amide bonds. The van der Waals surface area contributed by atoms with Crippen LogP contribution in [0.3, 0.4) is 0 Å². The minimum absolute atomic E-state index is 0.392. The van der Waals surface area contributed by atoms with Crippen molar-refractivity contribution in [2.45, 2.75) is 6.54 Å². The minimum Gasteiger partial charge on any atom is -0.481 e. The number of nitrogens with zero attached hydrogens (tertiary/aromatic N) is 1. The van der Waals surface area contributed by atoms with Crippen molar-refractivity contribution in [3.05, 3.63) is 53.7 Å². The summed E-state index contributed by atoms with van der Waals surface area (Å²) in [6.07, 6.45) is 1.64. The lowest BCUT2D eigenvalue weighted by Gasteiger charge is -2.07. The highest BCUT2D eigenvalue weighted by molar-refractivity contribution is 5.44. The van der Waals surface area contributed by atoms with Crippen LogP contribution in [0, 0.1) is 11.6 Å². The molecule has 1 aromatic carbocycles. The molecular formula is C13H12F2N2O. The number of aromatic nitrogens is 1. The zero-order valence-corrected chi connectivity index (χ0v) is 9.78. The smallest absolute Gasteiger partial charge is 0.212 e. The molecule has 18 heavy (non-hydrogen) atoms. The fourth-order valence-corrected chi connectivity index (χ4v) is 1.50. The van der Waals surface area contributed by atoms with Crippen molar-refractivity contribution in [1.82, 2.24) is 4.98 Å². The predicted molar refractivity (Wildman–Crippen MR) is 64.5 cm³/mol. The van der Waals surface area contributed by atoms with Crippen molar-refractivity contribution in [2.24, 2.45) is 0 Å². The van der Waals surface area contributed by atoms with Crippen molar-refractivity contribution in [2.75, 3.05) is 12.4 Å². The maximum atomic E-state index is 12.9. The third kappa shape index (κ3) is 3.16. The fourth-order valence-electron chi connectivity index (χ4n) is 1.50. The van der Waals surface area contributed by atoms with E-state index in [9.17, 15) is 8.78 Å². The number of pyridine rings is 1. The molecule has 2 rings (SSSR count). The first-order valence-corrected chi connectivity index (χ1v) is 5.36. The van der Waals surface area contributed by atoms with Crippen LogP contribution in [0.5, 0.6) is 5.88 Å². The van der Waals surface area contributed by atoms with Gasteiger partial charge in [-0.15, -0.1) is 0 Å². The molecule has 94 valence electrons. The van der Waals surface area contributed by atoms with Crippen LogP contribution in [-0.4, -0.2) is 12.1 Å². The molecule has 0 atom stereocenters. The number of hydrogen-bond acceptors (Lipinski definition) is 3. The van der Waals surface area contributed by atoms with Crippen molar-refractivity contribution in [3.63, 3.8) is 0 Å². The summed E-state index contributed by atoms with van der Waals surface area (Å²) in [4.78, 5) is 4.03.